The van der Waals surface area contributed by atoms with Crippen molar-refractivity contribution >= 4 is 5.97 Å². The number of hydrogen-bond acceptors (Lipinski definition) is 4. The first-order valence-electron chi connectivity index (χ1n) is 8.17. The molecule has 0 saturated heterocycles. The van der Waals surface area contributed by atoms with Gasteiger partial charge in [0.1, 0.15) is 6.10 Å². The van der Waals surface area contributed by atoms with E-state index in [1.807, 2.05) is 18.2 Å². The maximum atomic E-state index is 10.2. The van der Waals surface area contributed by atoms with Crippen LogP contribution in [0, 0.1) is 0 Å². The normalized spacial score (nSPS) is 13.5. The van der Waals surface area contributed by atoms with Crippen molar-refractivity contribution in [3.05, 3.63) is 36.5 Å². The Morgan fingerprint density at radius 3 is 2.50 bits per heavy atom. The molecule has 4 nitrogen and oxygen atoms in total. The molecule has 0 aromatic rings. The van der Waals surface area contributed by atoms with E-state index in [-0.39, 0.29) is 12.5 Å². The number of allylic oxidation sites excluding steroid dienone is 4. The number of rotatable bonds is 14. The number of hydrogen-bond donors (Lipinski definition) is 1. The van der Waals surface area contributed by atoms with Crippen LogP contribution in [0.4, 0.5) is 0 Å². The van der Waals surface area contributed by atoms with Crippen LogP contribution in [0.15, 0.2) is 36.5 Å². The van der Waals surface area contributed by atoms with E-state index in [4.69, 9.17) is 5.26 Å². The molecule has 0 saturated carbocycles. The van der Waals surface area contributed by atoms with Gasteiger partial charge in [0.05, 0.1) is 0 Å². The third kappa shape index (κ3) is 15.0. The first-order chi connectivity index (χ1) is 10.7. The lowest BCUT2D eigenvalue weighted by Crippen LogP contribution is -2.21. The Hall–Kier alpha value is -1.39. The summed E-state index contributed by atoms with van der Waals surface area (Å²) in [5, 5.41) is 19.1. The quantitative estimate of drug-likeness (QED) is 0.229. The second-order valence-corrected chi connectivity index (χ2v) is 5.22. The van der Waals surface area contributed by atoms with Gasteiger partial charge in [0.2, 0.25) is 0 Å². The molecule has 0 radical (unpaired) electrons. The second-order valence-electron chi connectivity index (χ2n) is 5.22. The number of carbonyl (C=O) groups excluding carboxylic acids is 1. The summed E-state index contributed by atoms with van der Waals surface area (Å²) in [5.41, 5.74) is 0. The molecule has 0 rings (SSSR count). The lowest BCUT2D eigenvalue weighted by Gasteiger charge is -2.05. The Kier molecular flexibility index (Phi) is 15.0. The lowest BCUT2D eigenvalue weighted by atomic mass is 10.1. The molecule has 1 N–H and O–H groups in total. The van der Waals surface area contributed by atoms with Crippen molar-refractivity contribution in [1.29, 1.82) is 0 Å². The number of carboxylic acid groups (broad SMARTS) is 1. The largest absolute Gasteiger partial charge is 0.550 e. The van der Waals surface area contributed by atoms with Crippen molar-refractivity contribution in [3.63, 3.8) is 0 Å². The number of carbonyl (C=O) groups is 1. The minimum atomic E-state index is -0.971. The van der Waals surface area contributed by atoms with Crippen molar-refractivity contribution in [2.45, 2.75) is 70.8 Å². The standard InChI is InChI=1S/C18H30O4/c1-2-3-4-5-8-11-14-17(22-21)15-12-9-6-7-10-13-16-18(19)20/h3-4,8,11-12,15,17,21H,2,5-7,9-10,13-14,16H2,1H3,(H,19,20)/p-1/b4-3-,11-8-,15-12+/t17-/m1/s1. The zero-order valence-electron chi connectivity index (χ0n) is 13.6. The number of carboxylic acids is 1. The Balaban J connectivity index is 3.65. The highest BCUT2D eigenvalue weighted by Crippen LogP contribution is 2.07. The average molecular weight is 309 g/mol. The van der Waals surface area contributed by atoms with Crippen molar-refractivity contribution in [2.75, 3.05) is 0 Å². The van der Waals surface area contributed by atoms with E-state index in [0.717, 1.165) is 38.5 Å². The van der Waals surface area contributed by atoms with Gasteiger partial charge in [-0.25, -0.2) is 4.89 Å². The highest BCUT2D eigenvalue weighted by atomic mass is 17.1. The molecule has 0 aromatic carbocycles. The van der Waals surface area contributed by atoms with Crippen molar-refractivity contribution < 1.29 is 20.0 Å². The third-order valence-electron chi connectivity index (χ3n) is 3.20. The lowest BCUT2D eigenvalue weighted by molar-refractivity contribution is -0.305. The zero-order valence-corrected chi connectivity index (χ0v) is 13.6. The minimum Gasteiger partial charge on any atom is -0.550 e. The summed E-state index contributed by atoms with van der Waals surface area (Å²) in [6.07, 6.45) is 19.2. The number of unbranched alkanes of at least 4 members (excludes halogenated alkanes) is 4. The molecule has 0 aliphatic heterocycles. The molecule has 0 unspecified atom stereocenters. The van der Waals surface area contributed by atoms with Crippen LogP contribution in [-0.2, 0) is 9.68 Å². The van der Waals surface area contributed by atoms with E-state index in [2.05, 4.69) is 30.0 Å². The highest BCUT2D eigenvalue weighted by molar-refractivity contribution is 5.63. The average Bonchev–Trinajstić information content (AvgIpc) is 2.50. The second kappa shape index (κ2) is 16.0. The molecule has 0 fully saturated rings. The van der Waals surface area contributed by atoms with Crippen LogP contribution in [0.25, 0.3) is 0 Å². The van der Waals surface area contributed by atoms with Crippen LogP contribution in [0.3, 0.4) is 0 Å². The van der Waals surface area contributed by atoms with E-state index in [0.29, 0.717) is 12.8 Å². The summed E-state index contributed by atoms with van der Waals surface area (Å²) in [7, 11) is 0. The fourth-order valence-corrected chi connectivity index (χ4v) is 1.96. The van der Waals surface area contributed by atoms with Crippen molar-refractivity contribution in [1.82, 2.24) is 0 Å². The molecule has 0 aliphatic carbocycles. The van der Waals surface area contributed by atoms with Gasteiger partial charge < -0.3 is 9.90 Å². The fraction of sp³-hybridized carbons (Fsp3) is 0.611. The molecule has 0 bridgehead atoms. The summed E-state index contributed by atoms with van der Waals surface area (Å²) >= 11 is 0. The highest BCUT2D eigenvalue weighted by Gasteiger charge is 2.00. The molecule has 126 valence electrons. The molecule has 0 aromatic heterocycles. The molecule has 1 atom stereocenters. The van der Waals surface area contributed by atoms with Gasteiger partial charge in [-0.3, -0.25) is 5.26 Å². The molecule has 22 heavy (non-hydrogen) atoms. The Bertz CT molecular complexity index is 345. The molecule has 0 heterocycles. The SMILES string of the molecule is CC/C=C\C/C=C\C[C@H](/C=C/CCCCCCC(=O)[O-])OO. The van der Waals surface area contributed by atoms with Crippen LogP contribution in [0.1, 0.15) is 64.7 Å². The van der Waals surface area contributed by atoms with Gasteiger partial charge in [-0.15, -0.1) is 0 Å². The van der Waals surface area contributed by atoms with E-state index < -0.39 is 5.97 Å². The molecule has 0 amide bonds. The van der Waals surface area contributed by atoms with Gasteiger partial charge >= 0.3 is 0 Å². The van der Waals surface area contributed by atoms with E-state index >= 15 is 0 Å². The van der Waals surface area contributed by atoms with Gasteiger partial charge in [-0.1, -0.05) is 56.2 Å². The van der Waals surface area contributed by atoms with Gasteiger partial charge in [0.25, 0.3) is 0 Å². The predicted octanol–water partition coefficient (Wildman–Crippen LogP) is 3.79. The molecular formula is C18H29O4-. The number of aliphatic carboxylic acids is 1. The Morgan fingerprint density at radius 2 is 1.82 bits per heavy atom. The van der Waals surface area contributed by atoms with Crippen LogP contribution < -0.4 is 5.11 Å². The first kappa shape index (κ1) is 20.6. The molecule has 0 spiro atoms. The Labute approximate surface area is 134 Å². The van der Waals surface area contributed by atoms with Gasteiger partial charge in [-0.05, 0) is 44.9 Å². The first-order valence-corrected chi connectivity index (χ1v) is 8.17. The smallest absolute Gasteiger partial charge is 0.114 e. The van der Waals surface area contributed by atoms with Crippen molar-refractivity contribution in [2.24, 2.45) is 0 Å². The fourth-order valence-electron chi connectivity index (χ4n) is 1.96. The van der Waals surface area contributed by atoms with Crippen LogP contribution in [0.2, 0.25) is 0 Å². The summed E-state index contributed by atoms with van der Waals surface area (Å²) in [6.45, 7) is 2.10. The van der Waals surface area contributed by atoms with E-state index in [1.54, 1.807) is 0 Å². The molecule has 0 aliphatic rings. The van der Waals surface area contributed by atoms with E-state index in [9.17, 15) is 9.90 Å². The van der Waals surface area contributed by atoms with Crippen LogP contribution >= 0.6 is 0 Å². The van der Waals surface area contributed by atoms with Gasteiger partial charge in [0.15, 0.2) is 0 Å². The monoisotopic (exact) mass is 309 g/mol. The van der Waals surface area contributed by atoms with Crippen LogP contribution in [-0.4, -0.2) is 17.3 Å². The summed E-state index contributed by atoms with van der Waals surface area (Å²) < 4.78 is 0. The minimum absolute atomic E-state index is 0.149. The maximum Gasteiger partial charge on any atom is 0.114 e. The molecule has 4 heteroatoms. The van der Waals surface area contributed by atoms with Gasteiger partial charge in [0, 0.05) is 5.97 Å². The molecular weight excluding hydrogens is 280 g/mol. The van der Waals surface area contributed by atoms with E-state index in [1.165, 1.54) is 0 Å². The van der Waals surface area contributed by atoms with Gasteiger partial charge in [-0.2, -0.15) is 0 Å². The Morgan fingerprint density at radius 1 is 1.09 bits per heavy atom. The summed E-state index contributed by atoms with van der Waals surface area (Å²) in [4.78, 5) is 14.7. The maximum absolute atomic E-state index is 10.2. The third-order valence-corrected chi connectivity index (χ3v) is 3.20. The summed E-state index contributed by atoms with van der Waals surface area (Å²) in [6, 6.07) is 0. The van der Waals surface area contributed by atoms with Crippen molar-refractivity contribution in [3.8, 4) is 0 Å². The van der Waals surface area contributed by atoms with Crippen LogP contribution in [0.5, 0.6) is 0 Å². The topological polar surface area (TPSA) is 69.6 Å². The zero-order chi connectivity index (χ0) is 16.5. The predicted molar refractivity (Wildman–Crippen MR) is 87.2 cm³/mol. The summed E-state index contributed by atoms with van der Waals surface area (Å²) in [5.74, 6) is -0.971.